The molecule has 0 saturated carbocycles. The minimum absolute atomic E-state index is 1.12. The molecule has 0 aromatic heterocycles. The molecule has 0 saturated heterocycles. The molecule has 0 amide bonds. The summed E-state index contributed by atoms with van der Waals surface area (Å²) < 4.78 is 0. The molecule has 0 spiro atoms. The maximum atomic E-state index is 3.86. The van der Waals surface area contributed by atoms with Crippen LogP contribution in [-0.2, 0) is 0 Å². The molecular weight excluding hydrogens is 336 g/mol. The molecule has 0 radical (unpaired) electrons. The quantitative estimate of drug-likeness (QED) is 0.427. The Morgan fingerprint density at radius 2 is 1.32 bits per heavy atom. The first-order valence-corrected chi connectivity index (χ1v) is 9.35. The monoisotopic (exact) mass is 364 g/mol. The van der Waals surface area contributed by atoms with Crippen molar-refractivity contribution in [2.45, 2.75) is 13.8 Å². The number of benzene rings is 3. The van der Waals surface area contributed by atoms with Crippen molar-refractivity contribution in [1.82, 2.24) is 0 Å². The van der Waals surface area contributed by atoms with E-state index in [0.717, 1.165) is 16.7 Å². The van der Waals surface area contributed by atoms with Crippen molar-refractivity contribution < 1.29 is 0 Å². The van der Waals surface area contributed by atoms with Crippen LogP contribution in [0.15, 0.2) is 87.0 Å². The Labute approximate surface area is 169 Å². The summed E-state index contributed by atoms with van der Waals surface area (Å²) in [5, 5.41) is 0. The normalized spacial score (nSPS) is 9.64. The van der Waals surface area contributed by atoms with E-state index in [1.165, 1.54) is 27.8 Å². The minimum atomic E-state index is 1.12. The second kappa shape index (κ2) is 10.1. The van der Waals surface area contributed by atoms with Crippen LogP contribution in [-0.4, -0.2) is 0 Å². The summed E-state index contributed by atoms with van der Waals surface area (Å²) in [5.41, 5.74) is 9.64. The van der Waals surface area contributed by atoms with Gasteiger partial charge in [0.2, 0.25) is 0 Å². The van der Waals surface area contributed by atoms with Crippen molar-refractivity contribution in [3.63, 3.8) is 0 Å². The molecule has 0 heteroatoms. The van der Waals surface area contributed by atoms with Crippen LogP contribution >= 0.6 is 0 Å². The Kier molecular flexibility index (Phi) is 7.54. The molecule has 0 aliphatic heterocycles. The Morgan fingerprint density at radius 1 is 0.643 bits per heavy atom. The van der Waals surface area contributed by atoms with Crippen molar-refractivity contribution in [2.75, 3.05) is 0 Å². The zero-order chi connectivity index (χ0) is 20.5. The maximum Gasteiger partial charge on any atom is -0.0111 e. The van der Waals surface area contributed by atoms with Gasteiger partial charge in [-0.25, -0.2) is 0 Å². The lowest BCUT2D eigenvalue weighted by Gasteiger charge is -2.07. The first-order chi connectivity index (χ1) is 13.5. The molecule has 0 aliphatic carbocycles. The second-order valence-electron chi connectivity index (χ2n) is 6.54. The zero-order valence-corrected chi connectivity index (χ0v) is 16.9. The van der Waals surface area contributed by atoms with Gasteiger partial charge in [-0.1, -0.05) is 105 Å². The van der Waals surface area contributed by atoms with E-state index < -0.39 is 0 Å². The van der Waals surface area contributed by atoms with Crippen LogP contribution in [0.25, 0.3) is 35.4 Å². The third-order valence-electron chi connectivity index (χ3n) is 4.86. The predicted molar refractivity (Wildman–Crippen MR) is 128 cm³/mol. The lowest BCUT2D eigenvalue weighted by Crippen LogP contribution is -1.89. The Hall–Kier alpha value is -3.38. The summed E-state index contributed by atoms with van der Waals surface area (Å²) in [4.78, 5) is 0. The van der Waals surface area contributed by atoms with Crippen molar-refractivity contribution >= 4 is 24.3 Å². The highest BCUT2D eigenvalue weighted by Crippen LogP contribution is 2.25. The molecule has 0 nitrogen and oxygen atoms in total. The van der Waals surface area contributed by atoms with Gasteiger partial charge in [0.15, 0.2) is 0 Å². The molecule has 0 fully saturated rings. The minimum Gasteiger partial charge on any atom is -0.0985 e. The van der Waals surface area contributed by atoms with E-state index in [-0.39, 0.29) is 0 Å². The number of aryl methyl sites for hydroxylation is 1. The van der Waals surface area contributed by atoms with Gasteiger partial charge in [-0.05, 0) is 64.4 Å². The molecule has 0 bridgehead atoms. The molecule has 3 rings (SSSR count). The summed E-state index contributed by atoms with van der Waals surface area (Å²) in [6.45, 7) is 19.4. The molecule has 0 N–H and O–H groups in total. The van der Waals surface area contributed by atoms with Crippen LogP contribution in [0, 0.1) is 13.8 Å². The van der Waals surface area contributed by atoms with E-state index in [1.54, 1.807) is 0 Å². The highest BCUT2D eigenvalue weighted by atomic mass is 14.1. The van der Waals surface area contributed by atoms with Crippen LogP contribution in [0.2, 0.25) is 0 Å². The van der Waals surface area contributed by atoms with Crippen molar-refractivity contribution in [3.05, 3.63) is 120 Å². The average Bonchev–Trinajstić information content (AvgIpc) is 2.76. The second-order valence-corrected chi connectivity index (χ2v) is 6.54. The van der Waals surface area contributed by atoms with E-state index >= 15 is 0 Å². The SMILES string of the molecule is C=Cc1ccc(-c2ccccc2)c(C=C)c1.C=Cc1ccc(C)c(C)c1C=C. The van der Waals surface area contributed by atoms with Crippen molar-refractivity contribution in [3.8, 4) is 11.1 Å². The molecule has 3 aromatic rings. The van der Waals surface area contributed by atoms with E-state index in [4.69, 9.17) is 0 Å². The van der Waals surface area contributed by atoms with E-state index in [1.807, 2.05) is 42.5 Å². The molecule has 140 valence electrons. The van der Waals surface area contributed by atoms with Crippen LogP contribution < -0.4 is 0 Å². The largest absolute Gasteiger partial charge is 0.0985 e. The van der Waals surface area contributed by atoms with Crippen LogP contribution in [0.3, 0.4) is 0 Å². The Bertz CT molecular complexity index is 988. The van der Waals surface area contributed by atoms with E-state index in [2.05, 4.69) is 82.6 Å². The fraction of sp³-hybridized carbons (Fsp3) is 0.0714. The topological polar surface area (TPSA) is 0 Å². The fourth-order valence-electron chi connectivity index (χ4n) is 3.07. The van der Waals surface area contributed by atoms with Gasteiger partial charge in [0.25, 0.3) is 0 Å². The standard InChI is InChI=1S/C16H14.C12H14/c1-3-13-10-11-16(14(4-2)12-13)15-8-6-5-7-9-15;1-5-11-8-7-9(3)10(4)12(11)6-2/h3-12H,1-2H2;5-8H,1-2H2,3-4H3. The maximum absolute atomic E-state index is 3.86. The number of hydrogen-bond donors (Lipinski definition) is 0. The molecule has 28 heavy (non-hydrogen) atoms. The highest BCUT2D eigenvalue weighted by Gasteiger charge is 2.02. The van der Waals surface area contributed by atoms with Gasteiger partial charge in [0, 0.05) is 0 Å². The Morgan fingerprint density at radius 3 is 1.89 bits per heavy atom. The van der Waals surface area contributed by atoms with Crippen molar-refractivity contribution in [1.29, 1.82) is 0 Å². The van der Waals surface area contributed by atoms with E-state index in [9.17, 15) is 0 Å². The lowest BCUT2D eigenvalue weighted by molar-refractivity contribution is 1.32. The third-order valence-corrected chi connectivity index (χ3v) is 4.86. The summed E-state index contributed by atoms with van der Waals surface area (Å²) in [5.74, 6) is 0. The van der Waals surface area contributed by atoms with Gasteiger partial charge in [0.1, 0.15) is 0 Å². The average molecular weight is 365 g/mol. The number of hydrogen-bond acceptors (Lipinski definition) is 0. The summed E-state index contributed by atoms with van der Waals surface area (Å²) in [7, 11) is 0. The van der Waals surface area contributed by atoms with Crippen LogP contribution in [0.4, 0.5) is 0 Å². The zero-order valence-electron chi connectivity index (χ0n) is 16.9. The van der Waals surface area contributed by atoms with Crippen molar-refractivity contribution in [2.24, 2.45) is 0 Å². The van der Waals surface area contributed by atoms with Crippen LogP contribution in [0.5, 0.6) is 0 Å². The number of rotatable bonds is 5. The molecule has 0 aliphatic rings. The van der Waals surface area contributed by atoms with Gasteiger partial charge in [-0.15, -0.1) is 0 Å². The first-order valence-electron chi connectivity index (χ1n) is 9.35. The third kappa shape index (κ3) is 4.86. The lowest BCUT2D eigenvalue weighted by atomic mass is 9.97. The molecule has 0 atom stereocenters. The first kappa shape index (κ1) is 20.9. The van der Waals surface area contributed by atoms with E-state index in [0.29, 0.717) is 0 Å². The summed E-state index contributed by atoms with van der Waals surface area (Å²) in [6.07, 6.45) is 7.49. The van der Waals surface area contributed by atoms with Gasteiger partial charge in [0.05, 0.1) is 0 Å². The predicted octanol–water partition coefficient (Wildman–Crippen LogP) is 8.23. The highest BCUT2D eigenvalue weighted by molar-refractivity contribution is 5.76. The Balaban J connectivity index is 0.000000209. The molecule has 3 aromatic carbocycles. The molecule has 0 unspecified atom stereocenters. The molecular formula is C28H28. The summed E-state index contributed by atoms with van der Waals surface area (Å²) in [6, 6.07) is 20.8. The molecule has 0 heterocycles. The van der Waals surface area contributed by atoms with Gasteiger partial charge in [-0.3, -0.25) is 0 Å². The smallest absolute Gasteiger partial charge is 0.0111 e. The van der Waals surface area contributed by atoms with Gasteiger partial charge < -0.3 is 0 Å². The fourth-order valence-corrected chi connectivity index (χ4v) is 3.07. The van der Waals surface area contributed by atoms with Crippen LogP contribution in [0.1, 0.15) is 33.4 Å². The van der Waals surface area contributed by atoms with Gasteiger partial charge in [-0.2, -0.15) is 0 Å². The summed E-state index contributed by atoms with van der Waals surface area (Å²) >= 11 is 0. The van der Waals surface area contributed by atoms with Gasteiger partial charge >= 0.3 is 0 Å².